The summed E-state index contributed by atoms with van der Waals surface area (Å²) in [6.45, 7) is 3.41. The van der Waals surface area contributed by atoms with Crippen LogP contribution in [0.5, 0.6) is 0 Å². The molecule has 0 aliphatic rings. The van der Waals surface area contributed by atoms with Gasteiger partial charge in [-0.15, -0.1) is 11.6 Å². The van der Waals surface area contributed by atoms with E-state index in [9.17, 15) is 22.4 Å². The number of rotatable bonds is 4. The largest absolute Gasteiger partial charge is 0.419 e. The van der Waals surface area contributed by atoms with E-state index in [1.807, 2.05) is 0 Å². The van der Waals surface area contributed by atoms with Crippen LogP contribution in [-0.4, -0.2) is 17.8 Å². The Kier molecular flexibility index (Phi) is 5.39. The van der Waals surface area contributed by atoms with Crippen LogP contribution >= 0.6 is 11.6 Å². The van der Waals surface area contributed by atoms with E-state index < -0.39 is 29.0 Å². The van der Waals surface area contributed by atoms with Crippen molar-refractivity contribution in [1.82, 2.24) is 5.32 Å². The SMILES string of the molecule is CC(CCl)C(C)NC(=O)c1cccc(C(F)(F)F)c1F. The monoisotopic (exact) mass is 311 g/mol. The van der Waals surface area contributed by atoms with Crippen molar-refractivity contribution >= 4 is 17.5 Å². The molecule has 0 bridgehead atoms. The van der Waals surface area contributed by atoms with Gasteiger partial charge in [0.1, 0.15) is 5.82 Å². The first-order valence-corrected chi connectivity index (χ1v) is 6.44. The van der Waals surface area contributed by atoms with Gasteiger partial charge in [0.25, 0.3) is 5.91 Å². The van der Waals surface area contributed by atoms with Gasteiger partial charge in [-0.1, -0.05) is 13.0 Å². The maximum absolute atomic E-state index is 13.7. The molecule has 0 radical (unpaired) electrons. The van der Waals surface area contributed by atoms with E-state index in [1.54, 1.807) is 13.8 Å². The van der Waals surface area contributed by atoms with Gasteiger partial charge in [-0.05, 0) is 25.0 Å². The minimum Gasteiger partial charge on any atom is -0.349 e. The summed E-state index contributed by atoms with van der Waals surface area (Å²) in [5.41, 5.74) is -2.09. The van der Waals surface area contributed by atoms with Crippen molar-refractivity contribution in [2.75, 3.05) is 5.88 Å². The van der Waals surface area contributed by atoms with Crippen LogP contribution in [0.4, 0.5) is 17.6 Å². The van der Waals surface area contributed by atoms with Gasteiger partial charge >= 0.3 is 6.18 Å². The third kappa shape index (κ3) is 3.85. The molecule has 0 saturated heterocycles. The molecule has 1 aromatic carbocycles. The molecule has 0 aromatic heterocycles. The van der Waals surface area contributed by atoms with Crippen LogP contribution < -0.4 is 5.32 Å². The molecule has 0 spiro atoms. The summed E-state index contributed by atoms with van der Waals surface area (Å²) in [6, 6.07) is 2.22. The fourth-order valence-electron chi connectivity index (χ4n) is 1.49. The molecule has 1 aromatic rings. The summed E-state index contributed by atoms with van der Waals surface area (Å²) < 4.78 is 51.4. The quantitative estimate of drug-likeness (QED) is 0.664. The molecule has 20 heavy (non-hydrogen) atoms. The highest BCUT2D eigenvalue weighted by molar-refractivity contribution is 6.18. The fraction of sp³-hybridized carbons (Fsp3) is 0.462. The van der Waals surface area contributed by atoms with Crippen LogP contribution in [0.25, 0.3) is 0 Å². The lowest BCUT2D eigenvalue weighted by Crippen LogP contribution is -2.38. The van der Waals surface area contributed by atoms with Crippen molar-refractivity contribution in [2.45, 2.75) is 26.1 Å². The average Bonchev–Trinajstić information content (AvgIpc) is 2.36. The lowest BCUT2D eigenvalue weighted by molar-refractivity contribution is -0.140. The Balaban J connectivity index is 3.01. The van der Waals surface area contributed by atoms with Gasteiger partial charge < -0.3 is 5.32 Å². The molecule has 0 heterocycles. The maximum Gasteiger partial charge on any atom is 0.419 e. The highest BCUT2D eigenvalue weighted by Gasteiger charge is 2.35. The predicted octanol–water partition coefficient (Wildman–Crippen LogP) is 3.84. The second-order valence-corrected chi connectivity index (χ2v) is 4.87. The molecule has 0 saturated carbocycles. The van der Waals surface area contributed by atoms with Crippen LogP contribution in [0.15, 0.2) is 18.2 Å². The van der Waals surface area contributed by atoms with Crippen LogP contribution in [0.3, 0.4) is 0 Å². The number of halogens is 5. The van der Waals surface area contributed by atoms with Gasteiger partial charge in [-0.3, -0.25) is 4.79 Å². The molecule has 0 aliphatic carbocycles. The van der Waals surface area contributed by atoms with Gasteiger partial charge in [0.2, 0.25) is 0 Å². The van der Waals surface area contributed by atoms with E-state index in [1.165, 1.54) is 0 Å². The number of carbonyl (C=O) groups excluding carboxylic acids is 1. The number of alkyl halides is 4. The van der Waals surface area contributed by atoms with Crippen LogP contribution in [0, 0.1) is 11.7 Å². The van der Waals surface area contributed by atoms with Crippen molar-refractivity contribution in [1.29, 1.82) is 0 Å². The summed E-state index contributed by atoms with van der Waals surface area (Å²) in [7, 11) is 0. The first kappa shape index (κ1) is 16.8. The van der Waals surface area contributed by atoms with Gasteiger partial charge in [-0.25, -0.2) is 4.39 Å². The maximum atomic E-state index is 13.7. The molecule has 1 N–H and O–H groups in total. The number of benzene rings is 1. The Bertz CT molecular complexity index is 490. The zero-order valence-electron chi connectivity index (χ0n) is 10.9. The van der Waals surface area contributed by atoms with E-state index in [0.717, 1.165) is 12.1 Å². The zero-order chi connectivity index (χ0) is 15.5. The summed E-state index contributed by atoms with van der Waals surface area (Å²) in [4.78, 5) is 11.8. The number of carbonyl (C=O) groups is 1. The average molecular weight is 312 g/mol. The van der Waals surface area contributed by atoms with E-state index >= 15 is 0 Å². The normalized spacial score (nSPS) is 14.8. The van der Waals surface area contributed by atoms with Gasteiger partial charge in [0.05, 0.1) is 11.1 Å². The van der Waals surface area contributed by atoms with Gasteiger partial charge in [0, 0.05) is 11.9 Å². The highest BCUT2D eigenvalue weighted by Crippen LogP contribution is 2.32. The zero-order valence-corrected chi connectivity index (χ0v) is 11.6. The molecule has 0 aliphatic heterocycles. The lowest BCUT2D eigenvalue weighted by Gasteiger charge is -2.19. The first-order valence-electron chi connectivity index (χ1n) is 5.91. The molecule has 112 valence electrons. The van der Waals surface area contributed by atoms with Crippen molar-refractivity contribution in [2.24, 2.45) is 5.92 Å². The van der Waals surface area contributed by atoms with Crippen molar-refractivity contribution < 1.29 is 22.4 Å². The highest BCUT2D eigenvalue weighted by atomic mass is 35.5. The number of hydrogen-bond acceptors (Lipinski definition) is 1. The molecule has 0 fully saturated rings. The summed E-state index contributed by atoms with van der Waals surface area (Å²) in [6.07, 6.45) is -4.84. The molecule has 1 rings (SSSR count). The summed E-state index contributed by atoms with van der Waals surface area (Å²) in [5, 5.41) is 2.44. The molecule has 2 nitrogen and oxygen atoms in total. The topological polar surface area (TPSA) is 29.1 Å². The van der Waals surface area contributed by atoms with E-state index in [4.69, 9.17) is 11.6 Å². The third-order valence-corrected chi connectivity index (χ3v) is 3.49. The number of nitrogens with one attached hydrogen (secondary N) is 1. The third-order valence-electron chi connectivity index (χ3n) is 3.00. The van der Waals surface area contributed by atoms with E-state index in [2.05, 4.69) is 5.32 Å². The molecule has 1 amide bonds. The molecule has 7 heteroatoms. The van der Waals surface area contributed by atoms with Crippen LogP contribution in [0.2, 0.25) is 0 Å². The van der Waals surface area contributed by atoms with Crippen molar-refractivity contribution in [3.8, 4) is 0 Å². The fourth-order valence-corrected chi connectivity index (χ4v) is 1.75. The Hall–Kier alpha value is -1.30. The minimum absolute atomic E-state index is 0.0884. The number of amides is 1. The lowest BCUT2D eigenvalue weighted by atomic mass is 10.0. The molecule has 2 atom stereocenters. The van der Waals surface area contributed by atoms with Crippen LogP contribution in [0.1, 0.15) is 29.8 Å². The van der Waals surface area contributed by atoms with E-state index in [-0.39, 0.29) is 17.8 Å². The van der Waals surface area contributed by atoms with Crippen molar-refractivity contribution in [3.63, 3.8) is 0 Å². The van der Waals surface area contributed by atoms with Crippen molar-refractivity contribution in [3.05, 3.63) is 35.1 Å². The Labute approximate surface area is 119 Å². The number of hydrogen-bond donors (Lipinski definition) is 1. The second-order valence-electron chi connectivity index (χ2n) is 4.56. The Morgan fingerprint density at radius 3 is 2.45 bits per heavy atom. The van der Waals surface area contributed by atoms with Gasteiger partial charge in [0.15, 0.2) is 0 Å². The molecular weight excluding hydrogens is 298 g/mol. The molecular formula is C13H14ClF4NO. The summed E-state index contributed by atoms with van der Waals surface area (Å²) >= 11 is 5.62. The second kappa shape index (κ2) is 6.43. The first-order chi connectivity index (χ1) is 9.18. The Morgan fingerprint density at radius 1 is 1.35 bits per heavy atom. The summed E-state index contributed by atoms with van der Waals surface area (Å²) in [5.74, 6) is -2.28. The Morgan fingerprint density at radius 2 is 1.95 bits per heavy atom. The van der Waals surface area contributed by atoms with E-state index in [0.29, 0.717) is 6.07 Å². The van der Waals surface area contributed by atoms with Gasteiger partial charge in [-0.2, -0.15) is 13.2 Å². The molecule has 2 unspecified atom stereocenters. The van der Waals surface area contributed by atoms with Crippen LogP contribution in [-0.2, 0) is 6.18 Å². The predicted molar refractivity (Wildman–Crippen MR) is 68.2 cm³/mol. The smallest absolute Gasteiger partial charge is 0.349 e. The standard InChI is InChI=1S/C13H14ClF4NO/c1-7(6-14)8(2)19-12(20)9-4-3-5-10(11(9)15)13(16,17)18/h3-5,7-8H,6H2,1-2H3,(H,19,20). The minimum atomic E-state index is -4.84.